The fourth-order valence-electron chi connectivity index (χ4n) is 2.48. The van der Waals surface area contributed by atoms with Crippen LogP contribution in [0.1, 0.15) is 37.4 Å². The summed E-state index contributed by atoms with van der Waals surface area (Å²) in [5.41, 5.74) is 2.21. The highest BCUT2D eigenvalue weighted by atomic mass is 16.5. The molecule has 0 fully saturated rings. The summed E-state index contributed by atoms with van der Waals surface area (Å²) >= 11 is 0. The number of urea groups is 1. The number of amides is 2. The van der Waals surface area contributed by atoms with Crippen LogP contribution < -0.4 is 10.6 Å². The first-order valence-corrected chi connectivity index (χ1v) is 7.72. The number of carbonyl (C=O) groups excluding carboxylic acids is 2. The predicted molar refractivity (Wildman–Crippen MR) is 88.8 cm³/mol. The highest BCUT2D eigenvalue weighted by Gasteiger charge is 2.33. The number of hydrogen-bond acceptors (Lipinski definition) is 4. The largest absolute Gasteiger partial charge is 0.463 e. The number of aliphatic hydroxyl groups is 1. The molecule has 0 aromatic heterocycles. The van der Waals surface area contributed by atoms with Crippen LogP contribution in [-0.4, -0.2) is 30.3 Å². The zero-order valence-electron chi connectivity index (χ0n) is 13.7. The predicted octanol–water partition coefficient (Wildman–Crippen LogP) is 1.61. The lowest BCUT2D eigenvalue weighted by molar-refractivity contribution is -0.139. The van der Waals surface area contributed by atoms with Gasteiger partial charge in [-0.25, -0.2) is 9.59 Å². The topological polar surface area (TPSA) is 87.7 Å². The summed E-state index contributed by atoms with van der Waals surface area (Å²) in [6, 6.07) is 6.24. The summed E-state index contributed by atoms with van der Waals surface area (Å²) in [4.78, 5) is 24.2. The Balaban J connectivity index is 2.49. The van der Waals surface area contributed by atoms with Gasteiger partial charge in [-0.2, -0.15) is 0 Å². The highest BCUT2D eigenvalue weighted by Crippen LogP contribution is 2.29. The number of carbonyl (C=O) groups is 2. The van der Waals surface area contributed by atoms with Gasteiger partial charge in [0, 0.05) is 17.7 Å². The maximum absolute atomic E-state index is 12.3. The second-order valence-corrected chi connectivity index (χ2v) is 5.15. The van der Waals surface area contributed by atoms with Crippen molar-refractivity contribution in [3.05, 3.63) is 46.7 Å². The molecule has 0 aliphatic carbocycles. The number of esters is 1. The monoisotopic (exact) mass is 328 g/mol. The molecule has 6 nitrogen and oxygen atoms in total. The maximum atomic E-state index is 12.3. The lowest BCUT2D eigenvalue weighted by Crippen LogP contribution is -2.45. The minimum atomic E-state index is -0.641. The molecule has 1 aromatic carbocycles. The molecule has 0 saturated carbocycles. The van der Waals surface area contributed by atoms with Gasteiger partial charge in [0.1, 0.15) is 0 Å². The van der Waals surface area contributed by atoms with Crippen LogP contribution >= 0.6 is 0 Å². The molecular weight excluding hydrogens is 308 g/mol. The summed E-state index contributed by atoms with van der Waals surface area (Å²) in [6.07, 6.45) is 0.354. The Bertz CT molecular complexity index is 728. The fourth-order valence-corrected chi connectivity index (χ4v) is 2.48. The fraction of sp³-hybridized carbons (Fsp3) is 0.333. The van der Waals surface area contributed by atoms with E-state index >= 15 is 0 Å². The van der Waals surface area contributed by atoms with Crippen LogP contribution in [0.15, 0.2) is 35.5 Å². The Labute approximate surface area is 140 Å². The van der Waals surface area contributed by atoms with E-state index in [-0.39, 0.29) is 19.2 Å². The number of benzene rings is 1. The zero-order chi connectivity index (χ0) is 17.5. The Kier molecular flexibility index (Phi) is 5.99. The molecule has 24 heavy (non-hydrogen) atoms. The lowest BCUT2D eigenvalue weighted by Gasteiger charge is -2.28. The van der Waals surface area contributed by atoms with Crippen LogP contribution in [0.2, 0.25) is 0 Å². The van der Waals surface area contributed by atoms with E-state index in [1.54, 1.807) is 13.8 Å². The van der Waals surface area contributed by atoms with Crippen LogP contribution in [0.25, 0.3) is 0 Å². The summed E-state index contributed by atoms with van der Waals surface area (Å²) < 4.78 is 5.12. The van der Waals surface area contributed by atoms with Gasteiger partial charge in [-0.15, -0.1) is 0 Å². The van der Waals surface area contributed by atoms with Gasteiger partial charge in [0.25, 0.3) is 0 Å². The van der Waals surface area contributed by atoms with Crippen LogP contribution in [0.3, 0.4) is 0 Å². The third kappa shape index (κ3) is 3.94. The van der Waals surface area contributed by atoms with Gasteiger partial charge in [0.15, 0.2) is 0 Å². The first kappa shape index (κ1) is 17.6. The van der Waals surface area contributed by atoms with Gasteiger partial charge in [0.2, 0.25) is 0 Å². The molecule has 126 valence electrons. The second kappa shape index (κ2) is 8.18. The van der Waals surface area contributed by atoms with Crippen molar-refractivity contribution >= 4 is 12.0 Å². The van der Waals surface area contributed by atoms with E-state index < -0.39 is 12.0 Å². The van der Waals surface area contributed by atoms with Gasteiger partial charge in [-0.1, -0.05) is 30.0 Å². The number of nitrogens with one attached hydrogen (secondary N) is 2. The smallest absolute Gasteiger partial charge is 0.338 e. The Morgan fingerprint density at radius 1 is 1.38 bits per heavy atom. The minimum Gasteiger partial charge on any atom is -0.463 e. The molecule has 1 aromatic rings. The maximum Gasteiger partial charge on any atom is 0.338 e. The van der Waals surface area contributed by atoms with Crippen molar-refractivity contribution in [1.29, 1.82) is 0 Å². The van der Waals surface area contributed by atoms with E-state index in [4.69, 9.17) is 9.84 Å². The lowest BCUT2D eigenvalue weighted by atomic mass is 9.92. The Morgan fingerprint density at radius 2 is 2.12 bits per heavy atom. The summed E-state index contributed by atoms with van der Waals surface area (Å²) in [7, 11) is 0. The zero-order valence-corrected chi connectivity index (χ0v) is 13.7. The third-order valence-electron chi connectivity index (χ3n) is 3.50. The van der Waals surface area contributed by atoms with Crippen LogP contribution in [0.5, 0.6) is 0 Å². The first-order valence-electron chi connectivity index (χ1n) is 7.72. The van der Waals surface area contributed by atoms with E-state index in [0.29, 0.717) is 28.8 Å². The summed E-state index contributed by atoms with van der Waals surface area (Å²) in [6.45, 7) is 3.62. The molecule has 0 bridgehead atoms. The molecule has 0 unspecified atom stereocenters. The quantitative estimate of drug-likeness (QED) is 0.579. The molecule has 1 aliphatic heterocycles. The molecule has 3 N–H and O–H groups in total. The Hall–Kier alpha value is -2.78. The van der Waals surface area contributed by atoms with Crippen molar-refractivity contribution in [2.75, 3.05) is 13.2 Å². The average Bonchev–Trinajstić information content (AvgIpc) is 2.55. The number of ether oxygens (including phenoxy) is 1. The minimum absolute atomic E-state index is 0.0215. The third-order valence-corrected chi connectivity index (χ3v) is 3.50. The van der Waals surface area contributed by atoms with Crippen molar-refractivity contribution in [2.24, 2.45) is 0 Å². The van der Waals surface area contributed by atoms with E-state index in [9.17, 15) is 9.59 Å². The molecule has 1 heterocycles. The molecule has 1 atom stereocenters. The standard InChI is InChI=1S/C18H20N2O4/c1-3-24-17(22)15-12(2)19-18(23)20-16(15)14-10-5-4-8-13(14)9-6-7-11-21/h4-5,8,10,16,21H,3,7,11H2,1-2H3,(H2,19,20,23)/t16-/m0/s1. The molecular formula is C18H20N2O4. The molecule has 0 spiro atoms. The van der Waals surface area contributed by atoms with Crippen LogP contribution in [-0.2, 0) is 9.53 Å². The number of rotatable bonds is 4. The van der Waals surface area contributed by atoms with Crippen molar-refractivity contribution in [3.8, 4) is 11.8 Å². The van der Waals surface area contributed by atoms with Gasteiger partial charge < -0.3 is 20.5 Å². The summed E-state index contributed by atoms with van der Waals surface area (Å²) in [5.74, 6) is 5.36. The van der Waals surface area contributed by atoms with Gasteiger partial charge in [0.05, 0.1) is 24.8 Å². The number of allylic oxidation sites excluding steroid dienone is 1. The van der Waals surface area contributed by atoms with Gasteiger partial charge in [-0.3, -0.25) is 0 Å². The number of aliphatic hydroxyl groups excluding tert-OH is 1. The number of hydrogen-bond donors (Lipinski definition) is 3. The van der Waals surface area contributed by atoms with Gasteiger partial charge >= 0.3 is 12.0 Å². The second-order valence-electron chi connectivity index (χ2n) is 5.15. The first-order chi connectivity index (χ1) is 11.6. The molecule has 2 amide bonds. The van der Waals surface area contributed by atoms with E-state index in [0.717, 1.165) is 0 Å². The van der Waals surface area contributed by atoms with Crippen molar-refractivity contribution < 1.29 is 19.4 Å². The SMILES string of the molecule is CCOC(=O)C1=C(C)NC(=O)N[C@H]1c1ccccc1C#CCCO. The van der Waals surface area contributed by atoms with E-state index in [1.165, 1.54) is 0 Å². The van der Waals surface area contributed by atoms with E-state index in [1.807, 2.05) is 24.3 Å². The van der Waals surface area contributed by atoms with Gasteiger partial charge in [-0.05, 0) is 25.5 Å². The van der Waals surface area contributed by atoms with Crippen LogP contribution in [0.4, 0.5) is 4.79 Å². The molecule has 0 radical (unpaired) electrons. The van der Waals surface area contributed by atoms with Crippen molar-refractivity contribution in [2.45, 2.75) is 26.3 Å². The molecule has 2 rings (SSSR count). The van der Waals surface area contributed by atoms with Crippen molar-refractivity contribution in [3.63, 3.8) is 0 Å². The van der Waals surface area contributed by atoms with E-state index in [2.05, 4.69) is 22.5 Å². The molecule has 6 heteroatoms. The van der Waals surface area contributed by atoms with Crippen LogP contribution in [0, 0.1) is 11.8 Å². The highest BCUT2D eigenvalue weighted by molar-refractivity contribution is 5.95. The average molecular weight is 328 g/mol. The molecule has 1 aliphatic rings. The normalized spacial score (nSPS) is 16.6. The Morgan fingerprint density at radius 3 is 2.83 bits per heavy atom. The van der Waals surface area contributed by atoms with Crippen molar-refractivity contribution in [1.82, 2.24) is 10.6 Å². The summed E-state index contributed by atoms with van der Waals surface area (Å²) in [5, 5.41) is 14.2. The molecule has 0 saturated heterocycles.